The Morgan fingerprint density at radius 3 is 2.93 bits per heavy atom. The topological polar surface area (TPSA) is 61.4 Å². The molecule has 1 unspecified atom stereocenters. The van der Waals surface area contributed by atoms with E-state index in [2.05, 4.69) is 10.6 Å². The SMILES string of the molecule is O=C(NC1(CO)CC1)C1CSCCN1. The second-order valence-electron chi connectivity index (χ2n) is 4.01. The highest BCUT2D eigenvalue weighted by Crippen LogP contribution is 2.34. The zero-order chi connectivity index (χ0) is 10.0. The lowest BCUT2D eigenvalue weighted by atomic mass is 10.2. The second-order valence-corrected chi connectivity index (χ2v) is 5.16. The molecule has 1 aliphatic heterocycles. The third-order valence-corrected chi connectivity index (χ3v) is 3.84. The van der Waals surface area contributed by atoms with Crippen molar-refractivity contribution in [3.63, 3.8) is 0 Å². The molecule has 0 aromatic carbocycles. The van der Waals surface area contributed by atoms with Gasteiger partial charge in [-0.2, -0.15) is 11.8 Å². The van der Waals surface area contributed by atoms with Crippen molar-refractivity contribution in [1.29, 1.82) is 0 Å². The van der Waals surface area contributed by atoms with Crippen LogP contribution in [0.3, 0.4) is 0 Å². The Labute approximate surface area is 87.8 Å². The van der Waals surface area contributed by atoms with Gasteiger partial charge in [-0.25, -0.2) is 0 Å². The van der Waals surface area contributed by atoms with E-state index in [0.717, 1.165) is 30.9 Å². The van der Waals surface area contributed by atoms with E-state index in [9.17, 15) is 4.79 Å². The average molecular weight is 216 g/mol. The summed E-state index contributed by atoms with van der Waals surface area (Å²) in [6.45, 7) is 0.966. The first-order valence-electron chi connectivity index (χ1n) is 5.00. The predicted octanol–water partition coefficient (Wildman–Crippen LogP) is -0.668. The fraction of sp³-hybridized carbons (Fsp3) is 0.889. The molecule has 2 aliphatic rings. The van der Waals surface area contributed by atoms with Gasteiger partial charge in [0.15, 0.2) is 0 Å². The Morgan fingerprint density at radius 1 is 1.64 bits per heavy atom. The smallest absolute Gasteiger partial charge is 0.238 e. The number of amides is 1. The normalized spacial score (nSPS) is 29.6. The second kappa shape index (κ2) is 4.08. The zero-order valence-corrected chi connectivity index (χ0v) is 8.90. The van der Waals surface area contributed by atoms with Crippen molar-refractivity contribution in [2.24, 2.45) is 0 Å². The Balaban J connectivity index is 1.82. The number of aliphatic hydroxyl groups is 1. The maximum Gasteiger partial charge on any atom is 0.238 e. The molecule has 0 spiro atoms. The van der Waals surface area contributed by atoms with E-state index >= 15 is 0 Å². The maximum atomic E-state index is 11.7. The van der Waals surface area contributed by atoms with E-state index in [1.807, 2.05) is 0 Å². The van der Waals surface area contributed by atoms with Crippen molar-refractivity contribution in [2.75, 3.05) is 24.7 Å². The minimum absolute atomic E-state index is 0.0451. The van der Waals surface area contributed by atoms with Gasteiger partial charge in [-0.1, -0.05) is 0 Å². The highest BCUT2D eigenvalue weighted by molar-refractivity contribution is 7.99. The Kier molecular flexibility index (Phi) is 2.99. The summed E-state index contributed by atoms with van der Waals surface area (Å²) in [5.41, 5.74) is -0.277. The number of hydrogen-bond acceptors (Lipinski definition) is 4. The van der Waals surface area contributed by atoms with Crippen LogP contribution in [-0.2, 0) is 4.79 Å². The van der Waals surface area contributed by atoms with Gasteiger partial charge in [0, 0.05) is 18.1 Å². The summed E-state index contributed by atoms with van der Waals surface area (Å²) in [4.78, 5) is 11.7. The molecule has 2 fully saturated rings. The number of hydrogen-bond donors (Lipinski definition) is 3. The predicted molar refractivity (Wildman–Crippen MR) is 56.3 cm³/mol. The molecule has 5 heteroatoms. The van der Waals surface area contributed by atoms with Crippen molar-refractivity contribution in [3.8, 4) is 0 Å². The van der Waals surface area contributed by atoms with Gasteiger partial charge in [0.2, 0.25) is 5.91 Å². The minimum Gasteiger partial charge on any atom is -0.394 e. The first-order valence-corrected chi connectivity index (χ1v) is 6.15. The van der Waals surface area contributed by atoms with Crippen LogP contribution in [0.1, 0.15) is 12.8 Å². The molecule has 80 valence electrons. The van der Waals surface area contributed by atoms with E-state index in [-0.39, 0.29) is 24.1 Å². The monoisotopic (exact) mass is 216 g/mol. The van der Waals surface area contributed by atoms with Crippen molar-refractivity contribution in [1.82, 2.24) is 10.6 Å². The molecule has 1 heterocycles. The van der Waals surface area contributed by atoms with Crippen molar-refractivity contribution < 1.29 is 9.90 Å². The Bertz CT molecular complexity index is 225. The van der Waals surface area contributed by atoms with Crippen LogP contribution in [0, 0.1) is 0 Å². The molecule has 1 saturated carbocycles. The maximum absolute atomic E-state index is 11.7. The molecule has 1 aliphatic carbocycles. The van der Waals surface area contributed by atoms with Crippen LogP contribution in [0.4, 0.5) is 0 Å². The quantitative estimate of drug-likeness (QED) is 0.586. The number of carbonyl (C=O) groups is 1. The van der Waals surface area contributed by atoms with E-state index in [1.54, 1.807) is 11.8 Å². The first kappa shape index (κ1) is 10.3. The lowest BCUT2D eigenvalue weighted by molar-refractivity contribution is -0.124. The molecule has 1 amide bonds. The van der Waals surface area contributed by atoms with Crippen molar-refractivity contribution >= 4 is 17.7 Å². The van der Waals surface area contributed by atoms with Gasteiger partial charge in [-0.15, -0.1) is 0 Å². The molecule has 3 N–H and O–H groups in total. The number of aliphatic hydroxyl groups excluding tert-OH is 1. The number of carbonyl (C=O) groups excluding carboxylic acids is 1. The fourth-order valence-electron chi connectivity index (χ4n) is 1.56. The third-order valence-electron chi connectivity index (χ3n) is 2.78. The molecule has 0 aromatic heterocycles. The molecule has 1 atom stereocenters. The van der Waals surface area contributed by atoms with Gasteiger partial charge >= 0.3 is 0 Å². The lowest BCUT2D eigenvalue weighted by Crippen LogP contribution is -2.53. The summed E-state index contributed by atoms with van der Waals surface area (Å²) in [7, 11) is 0. The molecule has 0 radical (unpaired) electrons. The van der Waals surface area contributed by atoms with Crippen LogP contribution in [0.25, 0.3) is 0 Å². The Hall–Kier alpha value is -0.260. The van der Waals surface area contributed by atoms with E-state index in [1.165, 1.54) is 0 Å². The summed E-state index contributed by atoms with van der Waals surface area (Å²) < 4.78 is 0. The van der Waals surface area contributed by atoms with Crippen molar-refractivity contribution in [2.45, 2.75) is 24.4 Å². The summed E-state index contributed by atoms with van der Waals surface area (Å²) in [6.07, 6.45) is 1.82. The van der Waals surface area contributed by atoms with Crippen molar-refractivity contribution in [3.05, 3.63) is 0 Å². The molecular formula is C9H16N2O2S. The highest BCUT2D eigenvalue weighted by atomic mass is 32.2. The van der Waals surface area contributed by atoms with Gasteiger partial charge in [-0.05, 0) is 12.8 Å². The summed E-state index contributed by atoms with van der Waals surface area (Å²) in [6, 6.07) is -0.0715. The van der Waals surface area contributed by atoms with Gasteiger partial charge < -0.3 is 15.7 Å². The third kappa shape index (κ3) is 2.21. The number of rotatable bonds is 3. The van der Waals surface area contributed by atoms with E-state index < -0.39 is 0 Å². The van der Waals surface area contributed by atoms with Crippen LogP contribution in [-0.4, -0.2) is 47.3 Å². The Morgan fingerprint density at radius 2 is 2.43 bits per heavy atom. The zero-order valence-electron chi connectivity index (χ0n) is 8.08. The van der Waals surface area contributed by atoms with Gasteiger partial charge in [0.25, 0.3) is 0 Å². The van der Waals surface area contributed by atoms with Crippen LogP contribution in [0.15, 0.2) is 0 Å². The largest absolute Gasteiger partial charge is 0.394 e. The van der Waals surface area contributed by atoms with E-state index in [0.29, 0.717) is 0 Å². The fourth-order valence-corrected chi connectivity index (χ4v) is 2.49. The highest BCUT2D eigenvalue weighted by Gasteiger charge is 2.44. The number of thioether (sulfide) groups is 1. The lowest BCUT2D eigenvalue weighted by Gasteiger charge is -2.24. The van der Waals surface area contributed by atoms with Gasteiger partial charge in [-0.3, -0.25) is 4.79 Å². The minimum atomic E-state index is -0.277. The molecular weight excluding hydrogens is 200 g/mol. The molecule has 0 aromatic rings. The summed E-state index contributed by atoms with van der Waals surface area (Å²) >= 11 is 1.80. The van der Waals surface area contributed by atoms with Crippen LogP contribution in [0.2, 0.25) is 0 Å². The number of nitrogens with one attached hydrogen (secondary N) is 2. The van der Waals surface area contributed by atoms with Crippen LogP contribution < -0.4 is 10.6 Å². The summed E-state index contributed by atoms with van der Waals surface area (Å²) in [5, 5.41) is 15.2. The molecule has 14 heavy (non-hydrogen) atoms. The summed E-state index contributed by atoms with van der Waals surface area (Å²) in [5.74, 6) is 1.96. The molecule has 2 rings (SSSR count). The average Bonchev–Trinajstić information content (AvgIpc) is 3.00. The van der Waals surface area contributed by atoms with Crippen LogP contribution in [0.5, 0.6) is 0 Å². The molecule has 1 saturated heterocycles. The van der Waals surface area contributed by atoms with Gasteiger partial charge in [0.05, 0.1) is 18.2 Å². The standard InChI is InChI=1S/C9H16N2O2S/c12-6-9(1-2-9)11-8(13)7-5-14-4-3-10-7/h7,10,12H,1-6H2,(H,11,13). The molecule has 4 nitrogen and oxygen atoms in total. The molecule has 0 bridgehead atoms. The van der Waals surface area contributed by atoms with Gasteiger partial charge in [0.1, 0.15) is 0 Å². The van der Waals surface area contributed by atoms with E-state index in [4.69, 9.17) is 5.11 Å². The van der Waals surface area contributed by atoms with Crippen LogP contribution >= 0.6 is 11.8 Å². The first-order chi connectivity index (χ1) is 6.76.